The monoisotopic (exact) mass is 230 g/mol. The standard InChI is InChI=1S/C11H22N2O3/c1-2-3-7-13(9-10(12)14)8-5-4-6-11(15)16/h2-9H2,1H3,(H2,12,14)(H,15,16). The van der Waals surface area contributed by atoms with Crippen molar-refractivity contribution in [2.45, 2.75) is 39.0 Å². The van der Waals surface area contributed by atoms with Gasteiger partial charge >= 0.3 is 5.97 Å². The summed E-state index contributed by atoms with van der Waals surface area (Å²) >= 11 is 0. The zero-order chi connectivity index (χ0) is 12.4. The third kappa shape index (κ3) is 9.45. The first-order chi connectivity index (χ1) is 7.56. The molecule has 0 saturated heterocycles. The molecule has 0 aromatic heterocycles. The fourth-order valence-corrected chi connectivity index (χ4v) is 1.48. The van der Waals surface area contributed by atoms with E-state index in [1.165, 1.54) is 0 Å². The van der Waals surface area contributed by atoms with Crippen LogP contribution >= 0.6 is 0 Å². The molecule has 0 rings (SSSR count). The highest BCUT2D eigenvalue weighted by molar-refractivity contribution is 5.75. The topological polar surface area (TPSA) is 83.6 Å². The van der Waals surface area contributed by atoms with E-state index in [-0.39, 0.29) is 18.9 Å². The van der Waals surface area contributed by atoms with Crippen LogP contribution in [0, 0.1) is 0 Å². The van der Waals surface area contributed by atoms with E-state index >= 15 is 0 Å². The van der Waals surface area contributed by atoms with Gasteiger partial charge in [-0.25, -0.2) is 0 Å². The molecule has 5 nitrogen and oxygen atoms in total. The summed E-state index contributed by atoms with van der Waals surface area (Å²) in [6.45, 7) is 3.96. The maximum atomic E-state index is 10.8. The number of carbonyl (C=O) groups is 2. The van der Waals surface area contributed by atoms with Gasteiger partial charge in [-0.15, -0.1) is 0 Å². The Bertz CT molecular complexity index is 219. The van der Waals surface area contributed by atoms with Gasteiger partial charge in [0.15, 0.2) is 0 Å². The van der Waals surface area contributed by atoms with Crippen LogP contribution in [0.3, 0.4) is 0 Å². The number of amides is 1. The third-order valence-electron chi connectivity index (χ3n) is 2.32. The summed E-state index contributed by atoms with van der Waals surface area (Å²) in [6, 6.07) is 0. The van der Waals surface area contributed by atoms with Gasteiger partial charge in [0.25, 0.3) is 0 Å². The Hall–Kier alpha value is -1.10. The molecule has 5 heteroatoms. The van der Waals surface area contributed by atoms with Gasteiger partial charge in [0.2, 0.25) is 5.91 Å². The number of aliphatic carboxylic acids is 1. The minimum absolute atomic E-state index is 0.193. The summed E-state index contributed by atoms with van der Waals surface area (Å²) in [4.78, 5) is 23.1. The van der Waals surface area contributed by atoms with Crippen molar-refractivity contribution in [3.63, 3.8) is 0 Å². The Balaban J connectivity index is 3.72. The highest BCUT2D eigenvalue weighted by Crippen LogP contribution is 2.01. The molecule has 0 aromatic carbocycles. The Labute approximate surface area is 96.6 Å². The molecule has 0 atom stereocenters. The lowest BCUT2D eigenvalue weighted by molar-refractivity contribution is -0.137. The lowest BCUT2D eigenvalue weighted by Crippen LogP contribution is -2.35. The minimum atomic E-state index is -0.769. The fraction of sp³-hybridized carbons (Fsp3) is 0.818. The molecule has 0 bridgehead atoms. The molecule has 16 heavy (non-hydrogen) atoms. The predicted octanol–water partition coefficient (Wildman–Crippen LogP) is 0.829. The van der Waals surface area contributed by atoms with Gasteiger partial charge in [0.1, 0.15) is 0 Å². The predicted molar refractivity (Wildman–Crippen MR) is 62.0 cm³/mol. The SMILES string of the molecule is CCCCN(CCCCC(=O)O)CC(N)=O. The van der Waals surface area contributed by atoms with E-state index in [1.807, 2.05) is 4.90 Å². The third-order valence-corrected chi connectivity index (χ3v) is 2.32. The molecule has 0 aromatic rings. The van der Waals surface area contributed by atoms with Gasteiger partial charge in [-0.2, -0.15) is 0 Å². The zero-order valence-corrected chi connectivity index (χ0v) is 9.95. The van der Waals surface area contributed by atoms with Crippen LogP contribution in [0.5, 0.6) is 0 Å². The van der Waals surface area contributed by atoms with Crippen LogP contribution in [-0.4, -0.2) is 41.5 Å². The molecular weight excluding hydrogens is 208 g/mol. The van der Waals surface area contributed by atoms with Crippen LogP contribution in [-0.2, 0) is 9.59 Å². The molecule has 94 valence electrons. The van der Waals surface area contributed by atoms with Crippen molar-refractivity contribution in [2.24, 2.45) is 5.73 Å². The maximum absolute atomic E-state index is 10.8. The second-order valence-electron chi connectivity index (χ2n) is 3.95. The highest BCUT2D eigenvalue weighted by atomic mass is 16.4. The molecule has 0 saturated carbocycles. The van der Waals surface area contributed by atoms with Crippen molar-refractivity contribution in [1.82, 2.24) is 4.90 Å². The van der Waals surface area contributed by atoms with Crippen molar-refractivity contribution >= 4 is 11.9 Å². The van der Waals surface area contributed by atoms with E-state index in [9.17, 15) is 9.59 Å². The fourth-order valence-electron chi connectivity index (χ4n) is 1.48. The minimum Gasteiger partial charge on any atom is -0.481 e. The molecule has 0 spiro atoms. The Kier molecular flexibility index (Phi) is 8.52. The first kappa shape index (κ1) is 14.9. The number of carbonyl (C=O) groups excluding carboxylic acids is 1. The van der Waals surface area contributed by atoms with Crippen LogP contribution in [0.1, 0.15) is 39.0 Å². The number of hydrogen-bond donors (Lipinski definition) is 2. The lowest BCUT2D eigenvalue weighted by Gasteiger charge is -2.19. The zero-order valence-electron chi connectivity index (χ0n) is 9.95. The van der Waals surface area contributed by atoms with E-state index in [0.29, 0.717) is 6.42 Å². The summed E-state index contributed by atoms with van der Waals surface area (Å²) in [5, 5.41) is 8.48. The summed E-state index contributed by atoms with van der Waals surface area (Å²) in [7, 11) is 0. The number of rotatable bonds is 10. The second kappa shape index (κ2) is 9.15. The van der Waals surface area contributed by atoms with Gasteiger partial charge in [0.05, 0.1) is 6.54 Å². The molecule has 0 radical (unpaired) electrons. The van der Waals surface area contributed by atoms with Gasteiger partial charge in [-0.05, 0) is 32.4 Å². The van der Waals surface area contributed by atoms with Gasteiger partial charge < -0.3 is 10.8 Å². The summed E-state index contributed by atoms with van der Waals surface area (Å²) < 4.78 is 0. The van der Waals surface area contributed by atoms with Crippen LogP contribution in [0.4, 0.5) is 0 Å². The van der Waals surface area contributed by atoms with Crippen molar-refractivity contribution in [1.29, 1.82) is 0 Å². The Morgan fingerprint density at radius 2 is 1.81 bits per heavy atom. The molecule has 0 aliphatic heterocycles. The molecule has 0 aliphatic carbocycles. The summed E-state index contributed by atoms with van der Waals surface area (Å²) in [6.07, 6.45) is 3.74. The van der Waals surface area contributed by atoms with Crippen molar-refractivity contribution < 1.29 is 14.7 Å². The maximum Gasteiger partial charge on any atom is 0.303 e. The summed E-state index contributed by atoms with van der Waals surface area (Å²) in [5.41, 5.74) is 5.14. The average molecular weight is 230 g/mol. The largest absolute Gasteiger partial charge is 0.481 e. The van der Waals surface area contributed by atoms with Crippen molar-refractivity contribution in [3.05, 3.63) is 0 Å². The van der Waals surface area contributed by atoms with E-state index < -0.39 is 5.97 Å². The number of nitrogens with two attached hydrogens (primary N) is 1. The molecule has 0 fully saturated rings. The van der Waals surface area contributed by atoms with Crippen molar-refractivity contribution in [2.75, 3.05) is 19.6 Å². The van der Waals surface area contributed by atoms with Gasteiger partial charge in [0, 0.05) is 6.42 Å². The normalized spacial score (nSPS) is 10.6. The number of carboxylic acid groups (broad SMARTS) is 1. The smallest absolute Gasteiger partial charge is 0.303 e. The molecule has 3 N–H and O–H groups in total. The van der Waals surface area contributed by atoms with Gasteiger partial charge in [-0.3, -0.25) is 14.5 Å². The number of unbranched alkanes of at least 4 members (excludes halogenated alkanes) is 2. The van der Waals surface area contributed by atoms with E-state index in [1.54, 1.807) is 0 Å². The molecule has 1 amide bonds. The van der Waals surface area contributed by atoms with Crippen LogP contribution in [0.2, 0.25) is 0 Å². The first-order valence-electron chi connectivity index (χ1n) is 5.78. The van der Waals surface area contributed by atoms with Gasteiger partial charge in [-0.1, -0.05) is 13.3 Å². The second-order valence-corrected chi connectivity index (χ2v) is 3.95. The average Bonchev–Trinajstić information content (AvgIpc) is 2.19. The molecule has 0 heterocycles. The van der Waals surface area contributed by atoms with Crippen LogP contribution < -0.4 is 5.73 Å². The first-order valence-corrected chi connectivity index (χ1v) is 5.78. The lowest BCUT2D eigenvalue weighted by atomic mass is 10.2. The van der Waals surface area contributed by atoms with E-state index in [0.717, 1.165) is 32.4 Å². The Morgan fingerprint density at radius 1 is 1.19 bits per heavy atom. The molecular formula is C11H22N2O3. The van der Waals surface area contributed by atoms with Crippen LogP contribution in [0.15, 0.2) is 0 Å². The Morgan fingerprint density at radius 3 is 2.31 bits per heavy atom. The van der Waals surface area contributed by atoms with Crippen LogP contribution in [0.25, 0.3) is 0 Å². The number of hydrogen-bond acceptors (Lipinski definition) is 3. The number of carboxylic acids is 1. The highest BCUT2D eigenvalue weighted by Gasteiger charge is 2.07. The quantitative estimate of drug-likeness (QED) is 0.544. The summed E-state index contributed by atoms with van der Waals surface area (Å²) in [5.74, 6) is -1.09. The van der Waals surface area contributed by atoms with E-state index in [4.69, 9.17) is 10.8 Å². The van der Waals surface area contributed by atoms with E-state index in [2.05, 4.69) is 6.92 Å². The number of primary amides is 1. The van der Waals surface area contributed by atoms with Crippen molar-refractivity contribution in [3.8, 4) is 0 Å². The number of nitrogens with zero attached hydrogens (tertiary/aromatic N) is 1. The molecule has 0 aliphatic rings. The molecule has 0 unspecified atom stereocenters.